The van der Waals surface area contributed by atoms with Crippen LogP contribution in [0.15, 0.2) is 28.4 Å². The number of aromatic amines is 1. The number of aliphatic hydroxyl groups excluding tert-OH is 2. The average Bonchev–Trinajstić information content (AvgIpc) is 2.77. The molecule has 0 radical (unpaired) electrons. The van der Waals surface area contributed by atoms with Crippen LogP contribution in [0.1, 0.15) is 11.8 Å². The van der Waals surface area contributed by atoms with Gasteiger partial charge in [0.15, 0.2) is 6.23 Å². The third-order valence-corrected chi connectivity index (χ3v) is 3.32. The number of aliphatic hydroxyl groups is 2. The van der Waals surface area contributed by atoms with Gasteiger partial charge < -0.3 is 19.7 Å². The highest BCUT2D eigenvalue weighted by atomic mass is 16.6. The Labute approximate surface area is 120 Å². The molecular weight excluding hydrogens is 280 g/mol. The van der Waals surface area contributed by atoms with Gasteiger partial charge in [0.2, 0.25) is 0 Å². The van der Waals surface area contributed by atoms with Crippen LogP contribution < -0.4 is 11.2 Å². The average molecular weight is 298 g/mol. The minimum atomic E-state index is -1.10. The normalized spacial score (nSPS) is 28.7. The van der Waals surface area contributed by atoms with E-state index >= 15 is 0 Å². The molecule has 3 N–H and O–H groups in total. The molecule has 1 saturated heterocycles. The van der Waals surface area contributed by atoms with Gasteiger partial charge in [-0.15, -0.1) is 6.58 Å². The lowest BCUT2D eigenvalue weighted by Crippen LogP contribution is -2.40. The predicted molar refractivity (Wildman–Crippen MR) is 73.0 cm³/mol. The number of hydrogen-bond donors (Lipinski definition) is 3. The summed E-state index contributed by atoms with van der Waals surface area (Å²) < 4.78 is 12.1. The lowest BCUT2D eigenvalue weighted by atomic mass is 10.1. The van der Waals surface area contributed by atoms with Crippen LogP contribution in [0.3, 0.4) is 0 Å². The highest BCUT2D eigenvalue weighted by Gasteiger charge is 2.45. The van der Waals surface area contributed by atoms with Crippen molar-refractivity contribution in [2.75, 3.05) is 13.2 Å². The summed E-state index contributed by atoms with van der Waals surface area (Å²) in [5.41, 5.74) is -0.840. The van der Waals surface area contributed by atoms with E-state index in [-0.39, 0.29) is 6.61 Å². The first-order valence-corrected chi connectivity index (χ1v) is 6.48. The molecule has 2 rings (SSSR count). The van der Waals surface area contributed by atoms with Crippen LogP contribution in [0.5, 0.6) is 0 Å². The number of hydrogen-bond acceptors (Lipinski definition) is 6. The second kappa shape index (κ2) is 6.35. The SMILES string of the molecule is C=CCOC1[C@@H](O)[C@@H](CO)O[C@H]1n1cc(C)c(=O)[nH]c1=O. The summed E-state index contributed by atoms with van der Waals surface area (Å²) in [6, 6.07) is 0. The largest absolute Gasteiger partial charge is 0.394 e. The first kappa shape index (κ1) is 15.6. The molecule has 1 aromatic rings. The van der Waals surface area contributed by atoms with Gasteiger partial charge in [-0.2, -0.15) is 0 Å². The molecule has 2 heterocycles. The minimum absolute atomic E-state index is 0.150. The molecule has 0 aliphatic carbocycles. The van der Waals surface area contributed by atoms with Crippen molar-refractivity contribution in [2.24, 2.45) is 0 Å². The summed E-state index contributed by atoms with van der Waals surface area (Å²) in [6.45, 7) is 4.79. The van der Waals surface area contributed by atoms with Gasteiger partial charge in [0.1, 0.15) is 18.3 Å². The van der Waals surface area contributed by atoms with Crippen molar-refractivity contribution in [2.45, 2.75) is 31.5 Å². The Morgan fingerprint density at radius 2 is 2.29 bits per heavy atom. The molecule has 8 heteroatoms. The van der Waals surface area contributed by atoms with E-state index in [0.29, 0.717) is 5.56 Å². The number of H-pyrrole nitrogens is 1. The number of nitrogens with one attached hydrogen (secondary N) is 1. The lowest BCUT2D eigenvalue weighted by Gasteiger charge is -2.21. The van der Waals surface area contributed by atoms with Crippen LogP contribution in [0.4, 0.5) is 0 Å². The predicted octanol–water partition coefficient (Wildman–Crippen LogP) is -1.33. The molecule has 1 aliphatic heterocycles. The monoisotopic (exact) mass is 298 g/mol. The van der Waals surface area contributed by atoms with Crippen LogP contribution in [0, 0.1) is 6.92 Å². The fourth-order valence-electron chi connectivity index (χ4n) is 2.23. The summed E-state index contributed by atoms with van der Waals surface area (Å²) in [4.78, 5) is 25.5. The van der Waals surface area contributed by atoms with Crippen molar-refractivity contribution in [3.8, 4) is 0 Å². The van der Waals surface area contributed by atoms with Crippen molar-refractivity contribution in [3.63, 3.8) is 0 Å². The Bertz CT molecular complexity index is 622. The van der Waals surface area contributed by atoms with Gasteiger partial charge in [-0.05, 0) is 6.92 Å². The van der Waals surface area contributed by atoms with Crippen molar-refractivity contribution >= 4 is 0 Å². The molecule has 0 bridgehead atoms. The molecule has 0 saturated carbocycles. The zero-order valence-corrected chi connectivity index (χ0v) is 11.6. The van der Waals surface area contributed by atoms with E-state index in [1.54, 1.807) is 6.92 Å². The molecule has 0 amide bonds. The molecule has 1 unspecified atom stereocenters. The van der Waals surface area contributed by atoms with Crippen molar-refractivity contribution in [1.29, 1.82) is 0 Å². The van der Waals surface area contributed by atoms with Gasteiger partial charge in [0.05, 0.1) is 13.2 Å². The molecule has 21 heavy (non-hydrogen) atoms. The first-order valence-electron chi connectivity index (χ1n) is 6.48. The number of aromatic nitrogens is 2. The molecule has 8 nitrogen and oxygen atoms in total. The molecule has 0 aromatic carbocycles. The van der Waals surface area contributed by atoms with Crippen LogP contribution in [0.25, 0.3) is 0 Å². The fourth-order valence-corrected chi connectivity index (χ4v) is 2.23. The van der Waals surface area contributed by atoms with E-state index in [1.165, 1.54) is 12.3 Å². The Kier molecular flexibility index (Phi) is 4.73. The van der Waals surface area contributed by atoms with E-state index in [4.69, 9.17) is 9.47 Å². The smallest absolute Gasteiger partial charge is 0.330 e. The topological polar surface area (TPSA) is 114 Å². The van der Waals surface area contributed by atoms with Gasteiger partial charge >= 0.3 is 5.69 Å². The van der Waals surface area contributed by atoms with Crippen LogP contribution >= 0.6 is 0 Å². The Morgan fingerprint density at radius 3 is 2.90 bits per heavy atom. The van der Waals surface area contributed by atoms with Gasteiger partial charge in [0.25, 0.3) is 5.56 Å². The maximum Gasteiger partial charge on any atom is 0.330 e. The molecule has 116 valence electrons. The van der Waals surface area contributed by atoms with Crippen LogP contribution in [-0.2, 0) is 9.47 Å². The van der Waals surface area contributed by atoms with Crippen LogP contribution in [0.2, 0.25) is 0 Å². The Hall–Kier alpha value is -1.74. The van der Waals surface area contributed by atoms with Crippen molar-refractivity contribution in [1.82, 2.24) is 9.55 Å². The van der Waals surface area contributed by atoms with Crippen molar-refractivity contribution in [3.05, 3.63) is 45.3 Å². The maximum absolute atomic E-state index is 11.9. The van der Waals surface area contributed by atoms with Gasteiger partial charge in [-0.3, -0.25) is 14.3 Å². The number of ether oxygens (including phenoxy) is 2. The third-order valence-electron chi connectivity index (χ3n) is 3.32. The second-order valence-corrected chi connectivity index (χ2v) is 4.80. The van der Waals surface area contributed by atoms with Gasteiger partial charge in [-0.1, -0.05) is 6.08 Å². The summed E-state index contributed by atoms with van der Waals surface area (Å²) >= 11 is 0. The fraction of sp³-hybridized carbons (Fsp3) is 0.538. The Morgan fingerprint density at radius 1 is 1.57 bits per heavy atom. The van der Waals surface area contributed by atoms with E-state index < -0.39 is 42.4 Å². The number of nitrogens with zero attached hydrogens (tertiary/aromatic N) is 1. The minimum Gasteiger partial charge on any atom is -0.394 e. The molecule has 1 aromatic heterocycles. The quantitative estimate of drug-likeness (QED) is 0.580. The summed E-state index contributed by atoms with van der Waals surface area (Å²) in [7, 11) is 0. The van der Waals surface area contributed by atoms with E-state index in [1.807, 2.05) is 0 Å². The zero-order chi connectivity index (χ0) is 15.6. The third kappa shape index (κ3) is 2.98. The van der Waals surface area contributed by atoms with E-state index in [0.717, 1.165) is 4.57 Å². The first-order chi connectivity index (χ1) is 9.99. The second-order valence-electron chi connectivity index (χ2n) is 4.80. The highest BCUT2D eigenvalue weighted by Crippen LogP contribution is 2.30. The summed E-state index contributed by atoms with van der Waals surface area (Å²) in [5, 5.41) is 19.3. The number of aryl methyl sites for hydroxylation is 1. The van der Waals surface area contributed by atoms with Crippen LogP contribution in [-0.4, -0.2) is 51.3 Å². The van der Waals surface area contributed by atoms with Gasteiger partial charge in [-0.25, -0.2) is 4.79 Å². The molecule has 1 aliphatic rings. The van der Waals surface area contributed by atoms with E-state index in [9.17, 15) is 19.8 Å². The summed E-state index contributed by atoms with van der Waals surface area (Å²) in [6.07, 6.45) is -0.939. The molecular formula is C13H18N2O6. The van der Waals surface area contributed by atoms with E-state index in [2.05, 4.69) is 11.6 Å². The highest BCUT2D eigenvalue weighted by molar-refractivity contribution is 5.03. The van der Waals surface area contributed by atoms with Gasteiger partial charge in [0, 0.05) is 11.8 Å². The lowest BCUT2D eigenvalue weighted by molar-refractivity contribution is -0.0687. The number of rotatable bonds is 5. The molecule has 1 fully saturated rings. The zero-order valence-electron chi connectivity index (χ0n) is 11.6. The summed E-state index contributed by atoms with van der Waals surface area (Å²) in [5.74, 6) is 0. The molecule has 4 atom stereocenters. The van der Waals surface area contributed by atoms with Crippen molar-refractivity contribution < 1.29 is 19.7 Å². The Balaban J connectivity index is 2.40. The molecule has 0 spiro atoms. The maximum atomic E-state index is 11.9. The standard InChI is InChI=1S/C13H18N2O6/c1-3-4-20-10-9(17)8(6-16)21-12(10)15-5-7(2)11(18)14-13(15)19/h3,5,8-10,12,16-17H,1,4,6H2,2H3,(H,14,18,19)/t8-,9+,10?,12-/m1/s1.